The molecule has 2 N–H and O–H groups in total. The third kappa shape index (κ3) is 3.59. The predicted molar refractivity (Wildman–Crippen MR) is 70.4 cm³/mol. The van der Waals surface area contributed by atoms with Gasteiger partial charge in [0.2, 0.25) is 0 Å². The second-order valence-electron chi connectivity index (χ2n) is 3.76. The van der Waals surface area contributed by atoms with Gasteiger partial charge >= 0.3 is 6.09 Å². The summed E-state index contributed by atoms with van der Waals surface area (Å²) in [6.45, 7) is 0.261. The predicted octanol–water partition coefficient (Wildman–Crippen LogP) is 2.59. The summed E-state index contributed by atoms with van der Waals surface area (Å²) in [6.07, 6.45) is 1.91. The Hall–Kier alpha value is -1.79. The fraction of sp³-hybridized carbons (Fsp3) is 0.182. The van der Waals surface area contributed by atoms with Gasteiger partial charge in [0, 0.05) is 0 Å². The van der Waals surface area contributed by atoms with E-state index in [1.807, 2.05) is 0 Å². The average Bonchev–Trinajstić information content (AvgIpc) is 2.84. The van der Waals surface area contributed by atoms with Crippen LogP contribution < -0.4 is 5.32 Å². The van der Waals surface area contributed by atoms with Gasteiger partial charge in [-0.2, -0.15) is 15.0 Å². The number of carbonyl (C=O) groups is 1. The minimum atomic E-state index is -1.14. The molecule has 0 aliphatic carbocycles. The van der Waals surface area contributed by atoms with Crippen LogP contribution in [0.5, 0.6) is 0 Å². The Morgan fingerprint density at radius 1 is 1.32 bits per heavy atom. The monoisotopic (exact) mass is 300 g/mol. The minimum absolute atomic E-state index is 0.261. The first-order valence-electron chi connectivity index (χ1n) is 5.35. The molecular weight excluding hydrogens is 291 g/mol. The van der Waals surface area contributed by atoms with E-state index in [1.165, 1.54) is 17.2 Å². The van der Waals surface area contributed by atoms with Gasteiger partial charge in [0.1, 0.15) is 0 Å². The van der Waals surface area contributed by atoms with Crippen LogP contribution in [0.3, 0.4) is 0 Å². The topological polar surface area (TPSA) is 80.0 Å². The fourth-order valence-corrected chi connectivity index (χ4v) is 1.92. The fourth-order valence-electron chi connectivity index (χ4n) is 1.61. The molecule has 19 heavy (non-hydrogen) atoms. The highest BCUT2D eigenvalue weighted by Crippen LogP contribution is 2.26. The maximum atomic E-state index is 10.8. The highest BCUT2D eigenvalue weighted by atomic mass is 35.5. The van der Waals surface area contributed by atoms with Crippen molar-refractivity contribution in [2.75, 3.05) is 0 Å². The highest BCUT2D eigenvalue weighted by molar-refractivity contribution is 6.42. The van der Waals surface area contributed by atoms with Crippen molar-refractivity contribution < 1.29 is 9.90 Å². The molecule has 0 saturated carbocycles. The lowest BCUT2D eigenvalue weighted by molar-refractivity contribution is 0.187. The summed E-state index contributed by atoms with van der Waals surface area (Å²) in [5.41, 5.74) is 0.689. The van der Waals surface area contributed by atoms with E-state index in [0.29, 0.717) is 15.6 Å². The van der Waals surface area contributed by atoms with Crippen LogP contribution in [0.25, 0.3) is 0 Å². The van der Waals surface area contributed by atoms with Gasteiger partial charge in [0.15, 0.2) is 0 Å². The minimum Gasteiger partial charge on any atom is -0.465 e. The van der Waals surface area contributed by atoms with Crippen molar-refractivity contribution in [2.45, 2.75) is 12.6 Å². The molecule has 0 saturated heterocycles. The Kier molecular flexibility index (Phi) is 4.24. The maximum Gasteiger partial charge on any atom is 0.405 e. The molecule has 2 aromatic rings. The van der Waals surface area contributed by atoms with Crippen molar-refractivity contribution in [3.8, 4) is 0 Å². The van der Waals surface area contributed by atoms with E-state index < -0.39 is 12.1 Å². The van der Waals surface area contributed by atoms with E-state index >= 15 is 0 Å². The SMILES string of the molecule is O=C(O)N[C@H](Cn1nccn1)c1ccc(Cl)c(Cl)c1. The first-order valence-corrected chi connectivity index (χ1v) is 6.10. The number of nitrogens with one attached hydrogen (secondary N) is 1. The lowest BCUT2D eigenvalue weighted by Crippen LogP contribution is -2.30. The number of benzene rings is 1. The zero-order valence-electron chi connectivity index (χ0n) is 9.62. The summed E-state index contributed by atoms with van der Waals surface area (Å²) in [5.74, 6) is 0. The van der Waals surface area contributed by atoms with Crippen LogP contribution in [0.2, 0.25) is 10.0 Å². The number of rotatable bonds is 4. The molecule has 1 heterocycles. The summed E-state index contributed by atoms with van der Waals surface area (Å²) >= 11 is 11.8. The van der Waals surface area contributed by atoms with Crippen LogP contribution in [0.4, 0.5) is 4.79 Å². The van der Waals surface area contributed by atoms with Crippen molar-refractivity contribution in [3.63, 3.8) is 0 Å². The van der Waals surface area contributed by atoms with E-state index in [1.54, 1.807) is 18.2 Å². The van der Waals surface area contributed by atoms with Gasteiger partial charge in [-0.05, 0) is 17.7 Å². The second-order valence-corrected chi connectivity index (χ2v) is 4.57. The molecule has 0 radical (unpaired) electrons. The van der Waals surface area contributed by atoms with Crippen molar-refractivity contribution in [2.24, 2.45) is 0 Å². The third-order valence-corrected chi connectivity index (χ3v) is 3.20. The van der Waals surface area contributed by atoms with Crippen molar-refractivity contribution in [1.82, 2.24) is 20.3 Å². The summed E-state index contributed by atoms with van der Waals surface area (Å²) < 4.78 is 0. The Balaban J connectivity index is 2.25. The Morgan fingerprint density at radius 3 is 2.58 bits per heavy atom. The van der Waals surface area contributed by atoms with Crippen molar-refractivity contribution in [1.29, 1.82) is 0 Å². The lowest BCUT2D eigenvalue weighted by Gasteiger charge is -2.17. The molecule has 0 fully saturated rings. The Bertz CT molecular complexity index is 574. The van der Waals surface area contributed by atoms with E-state index in [2.05, 4.69) is 15.5 Å². The molecule has 1 aromatic heterocycles. The molecular formula is C11H10Cl2N4O2. The van der Waals surface area contributed by atoms with Gasteiger partial charge in [0.05, 0.1) is 35.0 Å². The molecule has 1 amide bonds. The molecule has 100 valence electrons. The maximum absolute atomic E-state index is 10.8. The van der Waals surface area contributed by atoms with Crippen LogP contribution in [0, 0.1) is 0 Å². The average molecular weight is 301 g/mol. The van der Waals surface area contributed by atoms with Crippen molar-refractivity contribution in [3.05, 3.63) is 46.2 Å². The van der Waals surface area contributed by atoms with E-state index in [9.17, 15) is 4.79 Å². The first-order chi connectivity index (χ1) is 9.06. The van der Waals surface area contributed by atoms with Gasteiger partial charge in [-0.25, -0.2) is 4.79 Å². The van der Waals surface area contributed by atoms with Crippen molar-refractivity contribution >= 4 is 29.3 Å². The van der Waals surface area contributed by atoms with Crippen LogP contribution >= 0.6 is 23.2 Å². The molecule has 2 rings (SSSR count). The summed E-state index contributed by atoms with van der Waals surface area (Å²) in [4.78, 5) is 12.2. The zero-order chi connectivity index (χ0) is 13.8. The van der Waals surface area contributed by atoms with E-state index in [-0.39, 0.29) is 6.54 Å². The summed E-state index contributed by atoms with van der Waals surface area (Å²) in [5, 5.41) is 19.9. The summed E-state index contributed by atoms with van der Waals surface area (Å²) in [7, 11) is 0. The number of aromatic nitrogens is 3. The van der Waals surface area contributed by atoms with Crippen LogP contribution in [0.1, 0.15) is 11.6 Å². The quantitative estimate of drug-likeness (QED) is 0.909. The third-order valence-electron chi connectivity index (χ3n) is 2.46. The second kappa shape index (κ2) is 5.90. The number of nitrogens with zero attached hydrogens (tertiary/aromatic N) is 3. The zero-order valence-corrected chi connectivity index (χ0v) is 11.1. The van der Waals surface area contributed by atoms with Gasteiger partial charge in [-0.1, -0.05) is 29.3 Å². The van der Waals surface area contributed by atoms with Crippen LogP contribution in [0.15, 0.2) is 30.6 Å². The number of carboxylic acid groups (broad SMARTS) is 1. The molecule has 0 aliphatic rings. The smallest absolute Gasteiger partial charge is 0.405 e. The number of hydrogen-bond donors (Lipinski definition) is 2. The van der Waals surface area contributed by atoms with Crippen LogP contribution in [-0.4, -0.2) is 26.2 Å². The molecule has 0 aliphatic heterocycles. The number of amides is 1. The Morgan fingerprint density at radius 2 is 2.00 bits per heavy atom. The normalized spacial score (nSPS) is 12.1. The molecule has 0 spiro atoms. The van der Waals surface area contributed by atoms with Gasteiger partial charge in [0.25, 0.3) is 0 Å². The molecule has 6 nitrogen and oxygen atoms in total. The molecule has 0 unspecified atom stereocenters. The molecule has 8 heteroatoms. The molecule has 1 aromatic carbocycles. The van der Waals surface area contributed by atoms with Gasteiger partial charge in [-0.15, -0.1) is 0 Å². The van der Waals surface area contributed by atoms with Gasteiger partial charge < -0.3 is 10.4 Å². The van der Waals surface area contributed by atoms with Crippen LogP contribution in [-0.2, 0) is 6.54 Å². The van der Waals surface area contributed by atoms with Gasteiger partial charge in [-0.3, -0.25) is 0 Å². The Labute approximate surface area is 118 Å². The summed E-state index contributed by atoms with van der Waals surface area (Å²) in [6, 6.07) is 4.43. The molecule has 1 atom stereocenters. The lowest BCUT2D eigenvalue weighted by atomic mass is 10.1. The molecule has 0 bridgehead atoms. The largest absolute Gasteiger partial charge is 0.465 e. The number of halogens is 2. The van der Waals surface area contributed by atoms with E-state index in [0.717, 1.165) is 0 Å². The highest BCUT2D eigenvalue weighted by Gasteiger charge is 2.16. The first kappa shape index (κ1) is 13.6. The van der Waals surface area contributed by atoms with E-state index in [4.69, 9.17) is 28.3 Å². The standard InChI is InChI=1S/C11H10Cl2N4O2/c12-8-2-1-7(5-9(8)13)10(16-11(18)19)6-17-14-3-4-15-17/h1-5,10,16H,6H2,(H,18,19)/t10-/m1/s1. The number of hydrogen-bond acceptors (Lipinski definition) is 3.